The van der Waals surface area contributed by atoms with E-state index < -0.39 is 23.5 Å². The highest BCUT2D eigenvalue weighted by atomic mass is 16.4. The van der Waals surface area contributed by atoms with Crippen molar-refractivity contribution >= 4 is 11.9 Å². The smallest absolute Gasteiger partial charge is 0.325 e. The van der Waals surface area contributed by atoms with Gasteiger partial charge >= 0.3 is 11.9 Å². The molecule has 1 aliphatic rings. The fraction of sp³-hybridized carbons (Fsp3) is 0.667. The molecule has 2 atom stereocenters. The summed E-state index contributed by atoms with van der Waals surface area (Å²) in [5, 5.41) is 19.7. The summed E-state index contributed by atoms with van der Waals surface area (Å²) in [5.41, 5.74) is 3.98. The Morgan fingerprint density at radius 1 is 1.50 bits per heavy atom. The van der Waals surface area contributed by atoms with E-state index in [1.165, 1.54) is 0 Å². The Balaban J connectivity index is 2.67. The normalized spacial score (nSPS) is 34.9. The lowest BCUT2D eigenvalue weighted by molar-refractivity contribution is -0.142. The first-order valence-corrected chi connectivity index (χ1v) is 3.44. The molecule has 0 aromatic carbocycles. The standard InChI is InChI=1S/C6H10N2O4/c7-6(5(11)12)1-3(4(9)10)8-2-6/h3,8H,1-2,7H2,(H,9,10)(H,11,12)/t3?,6-/m1/s1. The average Bonchev–Trinajstić information content (AvgIpc) is 2.33. The van der Waals surface area contributed by atoms with Crippen LogP contribution in [0.4, 0.5) is 0 Å². The van der Waals surface area contributed by atoms with Gasteiger partial charge in [0.1, 0.15) is 11.6 Å². The molecule has 0 saturated carbocycles. The van der Waals surface area contributed by atoms with Gasteiger partial charge in [-0.25, -0.2) is 0 Å². The van der Waals surface area contributed by atoms with Gasteiger partial charge in [-0.05, 0) is 0 Å². The zero-order valence-electron chi connectivity index (χ0n) is 6.28. The molecule has 5 N–H and O–H groups in total. The first-order chi connectivity index (χ1) is 5.46. The van der Waals surface area contributed by atoms with Gasteiger partial charge in [-0.1, -0.05) is 0 Å². The summed E-state index contributed by atoms with van der Waals surface area (Å²) in [7, 11) is 0. The number of hydrogen-bond acceptors (Lipinski definition) is 4. The lowest BCUT2D eigenvalue weighted by atomic mass is 9.98. The summed E-state index contributed by atoms with van der Waals surface area (Å²) >= 11 is 0. The average molecular weight is 174 g/mol. The summed E-state index contributed by atoms with van der Waals surface area (Å²) < 4.78 is 0. The van der Waals surface area contributed by atoms with E-state index in [2.05, 4.69) is 5.32 Å². The summed E-state index contributed by atoms with van der Waals surface area (Å²) in [6.07, 6.45) is -0.0718. The van der Waals surface area contributed by atoms with E-state index in [4.69, 9.17) is 15.9 Å². The van der Waals surface area contributed by atoms with Gasteiger partial charge in [-0.15, -0.1) is 0 Å². The minimum absolute atomic E-state index is 0.000694. The van der Waals surface area contributed by atoms with Crippen molar-refractivity contribution in [2.45, 2.75) is 18.0 Å². The second kappa shape index (κ2) is 2.72. The van der Waals surface area contributed by atoms with Crippen LogP contribution in [0, 0.1) is 0 Å². The fourth-order valence-corrected chi connectivity index (χ4v) is 1.15. The van der Waals surface area contributed by atoms with E-state index in [-0.39, 0.29) is 13.0 Å². The second-order valence-electron chi connectivity index (χ2n) is 2.94. The van der Waals surface area contributed by atoms with Gasteiger partial charge in [-0.2, -0.15) is 0 Å². The molecule has 6 nitrogen and oxygen atoms in total. The maximum atomic E-state index is 10.5. The lowest BCUT2D eigenvalue weighted by Gasteiger charge is -2.15. The van der Waals surface area contributed by atoms with E-state index in [0.29, 0.717) is 0 Å². The van der Waals surface area contributed by atoms with Crippen LogP contribution >= 0.6 is 0 Å². The number of nitrogens with two attached hydrogens (primary N) is 1. The Morgan fingerprint density at radius 2 is 2.08 bits per heavy atom. The van der Waals surface area contributed by atoms with Crippen LogP contribution in [0.1, 0.15) is 6.42 Å². The molecule has 1 unspecified atom stereocenters. The lowest BCUT2D eigenvalue weighted by Crippen LogP contribution is -2.49. The van der Waals surface area contributed by atoms with E-state index in [1.54, 1.807) is 0 Å². The number of aliphatic carboxylic acids is 2. The molecule has 1 aliphatic heterocycles. The van der Waals surface area contributed by atoms with Crippen LogP contribution in [-0.2, 0) is 9.59 Å². The van der Waals surface area contributed by atoms with Gasteiger partial charge in [0.15, 0.2) is 0 Å². The number of rotatable bonds is 2. The van der Waals surface area contributed by atoms with Gasteiger partial charge in [0.05, 0.1) is 0 Å². The maximum absolute atomic E-state index is 10.5. The van der Waals surface area contributed by atoms with Crippen molar-refractivity contribution in [1.82, 2.24) is 5.32 Å². The van der Waals surface area contributed by atoms with Crippen LogP contribution in [0.25, 0.3) is 0 Å². The molecule has 1 heterocycles. The van der Waals surface area contributed by atoms with E-state index in [0.717, 1.165) is 0 Å². The Kier molecular flexibility index (Phi) is 2.03. The highest BCUT2D eigenvalue weighted by molar-refractivity contribution is 5.83. The van der Waals surface area contributed by atoms with Crippen LogP contribution < -0.4 is 11.1 Å². The molecule has 0 spiro atoms. The monoisotopic (exact) mass is 174 g/mol. The van der Waals surface area contributed by atoms with Crippen molar-refractivity contribution in [3.63, 3.8) is 0 Å². The van der Waals surface area contributed by atoms with Crippen molar-refractivity contribution in [2.75, 3.05) is 6.54 Å². The maximum Gasteiger partial charge on any atom is 0.325 e. The molecule has 0 radical (unpaired) electrons. The zero-order chi connectivity index (χ0) is 9.35. The molecule has 1 rings (SSSR count). The summed E-state index contributed by atoms with van der Waals surface area (Å²) in [5.74, 6) is -2.23. The number of hydrogen-bond donors (Lipinski definition) is 4. The first-order valence-electron chi connectivity index (χ1n) is 3.44. The van der Waals surface area contributed by atoms with Gasteiger partial charge in [-0.3, -0.25) is 9.59 Å². The highest BCUT2D eigenvalue weighted by Gasteiger charge is 2.44. The molecule has 1 saturated heterocycles. The molecule has 6 heteroatoms. The van der Waals surface area contributed by atoms with E-state index in [9.17, 15) is 9.59 Å². The first kappa shape index (κ1) is 8.95. The second-order valence-corrected chi connectivity index (χ2v) is 2.94. The molecule has 0 aromatic heterocycles. The largest absolute Gasteiger partial charge is 0.480 e. The third kappa shape index (κ3) is 1.39. The summed E-state index contributed by atoms with van der Waals surface area (Å²) in [4.78, 5) is 20.9. The molecule has 68 valence electrons. The molecular weight excluding hydrogens is 164 g/mol. The third-order valence-electron chi connectivity index (χ3n) is 1.96. The summed E-state index contributed by atoms with van der Waals surface area (Å²) in [6, 6.07) is -0.842. The van der Waals surface area contributed by atoms with Crippen molar-refractivity contribution in [2.24, 2.45) is 5.73 Å². The number of nitrogens with one attached hydrogen (secondary N) is 1. The molecule has 1 fully saturated rings. The van der Waals surface area contributed by atoms with E-state index >= 15 is 0 Å². The molecule has 0 aromatic rings. The molecular formula is C6H10N2O4. The third-order valence-corrected chi connectivity index (χ3v) is 1.96. The zero-order valence-corrected chi connectivity index (χ0v) is 6.28. The predicted molar refractivity (Wildman–Crippen MR) is 38.6 cm³/mol. The highest BCUT2D eigenvalue weighted by Crippen LogP contribution is 2.16. The Labute approximate surface area is 68.4 Å². The topological polar surface area (TPSA) is 113 Å². The quantitative estimate of drug-likeness (QED) is 0.393. The SMILES string of the molecule is N[C@@]1(C(=O)O)CNC(C(=O)O)C1. The Hall–Kier alpha value is -1.14. The molecule has 0 amide bonds. The van der Waals surface area contributed by atoms with Gasteiger partial charge in [0, 0.05) is 13.0 Å². The molecule has 0 aliphatic carbocycles. The molecule has 12 heavy (non-hydrogen) atoms. The number of carboxylic acids is 2. The van der Waals surface area contributed by atoms with Crippen molar-refractivity contribution in [3.05, 3.63) is 0 Å². The molecule has 0 bridgehead atoms. The van der Waals surface area contributed by atoms with Gasteiger partial charge < -0.3 is 21.3 Å². The minimum atomic E-state index is -1.43. The van der Waals surface area contributed by atoms with Crippen LogP contribution in [0.5, 0.6) is 0 Å². The van der Waals surface area contributed by atoms with Gasteiger partial charge in [0.25, 0.3) is 0 Å². The van der Waals surface area contributed by atoms with E-state index in [1.807, 2.05) is 0 Å². The van der Waals surface area contributed by atoms with Gasteiger partial charge in [0.2, 0.25) is 0 Å². The predicted octanol–water partition coefficient (Wildman–Crippen LogP) is -1.78. The summed E-state index contributed by atoms with van der Waals surface area (Å²) in [6.45, 7) is -0.000694. The van der Waals surface area contributed by atoms with Crippen LogP contribution in [0.2, 0.25) is 0 Å². The van der Waals surface area contributed by atoms with Crippen molar-refractivity contribution < 1.29 is 19.8 Å². The Bertz CT molecular complexity index is 230. The Morgan fingerprint density at radius 3 is 2.33 bits per heavy atom. The number of carbonyl (C=O) groups is 2. The van der Waals surface area contributed by atoms with Crippen molar-refractivity contribution in [3.8, 4) is 0 Å². The minimum Gasteiger partial charge on any atom is -0.480 e. The fourth-order valence-electron chi connectivity index (χ4n) is 1.15. The number of carboxylic acid groups (broad SMARTS) is 2. The van der Waals surface area contributed by atoms with Crippen LogP contribution in [0.3, 0.4) is 0 Å². The van der Waals surface area contributed by atoms with Crippen molar-refractivity contribution in [1.29, 1.82) is 0 Å². The van der Waals surface area contributed by atoms with Crippen LogP contribution in [0.15, 0.2) is 0 Å². The van der Waals surface area contributed by atoms with Crippen LogP contribution in [-0.4, -0.2) is 40.3 Å².